The van der Waals surface area contributed by atoms with Crippen LogP contribution in [0.3, 0.4) is 0 Å². The maximum absolute atomic E-state index is 12.3. The van der Waals surface area contributed by atoms with Gasteiger partial charge in [-0.3, -0.25) is 9.78 Å². The van der Waals surface area contributed by atoms with E-state index in [1.54, 1.807) is 36.5 Å². The number of carbonyl (C=O) groups excluding carboxylic acids is 1. The molecule has 3 aromatic rings. The molecule has 6 nitrogen and oxygen atoms in total. The second kappa shape index (κ2) is 6.87. The molecule has 6 heteroatoms. The number of pyridine rings is 1. The molecule has 1 atom stereocenters. The molecule has 24 heavy (non-hydrogen) atoms. The van der Waals surface area contributed by atoms with Crippen LogP contribution in [0.2, 0.25) is 0 Å². The van der Waals surface area contributed by atoms with Crippen molar-refractivity contribution in [1.82, 2.24) is 20.3 Å². The van der Waals surface area contributed by atoms with E-state index in [-0.39, 0.29) is 23.3 Å². The molecule has 2 N–H and O–H groups in total. The number of hydrogen-bond acceptors (Lipinski definition) is 5. The molecule has 0 spiro atoms. The van der Waals surface area contributed by atoms with Crippen LogP contribution in [-0.4, -0.2) is 26.0 Å². The van der Waals surface area contributed by atoms with Gasteiger partial charge in [0.25, 0.3) is 5.91 Å². The quantitative estimate of drug-likeness (QED) is 0.771. The summed E-state index contributed by atoms with van der Waals surface area (Å²) in [5.41, 5.74) is 1.48. The van der Waals surface area contributed by atoms with E-state index in [0.29, 0.717) is 5.69 Å². The molecule has 0 unspecified atom stereocenters. The molecular weight excluding hydrogens is 304 g/mol. The first kappa shape index (κ1) is 15.6. The van der Waals surface area contributed by atoms with Gasteiger partial charge in [-0.1, -0.05) is 30.3 Å². The van der Waals surface area contributed by atoms with Crippen LogP contribution in [0, 0.1) is 6.07 Å². The highest BCUT2D eigenvalue weighted by atomic mass is 16.3. The van der Waals surface area contributed by atoms with Crippen molar-refractivity contribution < 1.29 is 9.90 Å². The van der Waals surface area contributed by atoms with Gasteiger partial charge in [-0.2, -0.15) is 4.98 Å². The molecule has 1 amide bonds. The summed E-state index contributed by atoms with van der Waals surface area (Å²) >= 11 is 0. The summed E-state index contributed by atoms with van der Waals surface area (Å²) in [6.45, 7) is 1.85. The number of carbonyl (C=O) groups is 1. The van der Waals surface area contributed by atoms with Crippen LogP contribution in [0.25, 0.3) is 11.5 Å². The minimum absolute atomic E-state index is 0.0176. The highest BCUT2D eigenvalue weighted by molar-refractivity contribution is 5.96. The molecule has 2 heterocycles. The van der Waals surface area contributed by atoms with Crippen LogP contribution in [0.4, 0.5) is 0 Å². The number of nitrogens with one attached hydrogen (secondary N) is 1. The van der Waals surface area contributed by atoms with Crippen LogP contribution in [0.15, 0.2) is 54.9 Å². The molecule has 0 bridgehead atoms. The normalized spacial score (nSPS) is 11.7. The average Bonchev–Trinajstić information content (AvgIpc) is 2.63. The van der Waals surface area contributed by atoms with Crippen LogP contribution in [0.1, 0.15) is 28.9 Å². The summed E-state index contributed by atoms with van der Waals surface area (Å²) in [6, 6.07) is 15.3. The van der Waals surface area contributed by atoms with Crippen LogP contribution in [-0.2, 0) is 0 Å². The number of rotatable bonds is 4. The summed E-state index contributed by atoms with van der Waals surface area (Å²) < 4.78 is 0. The fourth-order valence-electron chi connectivity index (χ4n) is 2.20. The number of hydrogen-bond donors (Lipinski definition) is 2. The van der Waals surface area contributed by atoms with Gasteiger partial charge in [0.1, 0.15) is 11.3 Å². The number of benzene rings is 1. The third-order valence-electron chi connectivity index (χ3n) is 3.50. The fraction of sp³-hybridized carbons (Fsp3) is 0.111. The number of amides is 1. The zero-order chi connectivity index (χ0) is 16.9. The second-order valence-electron chi connectivity index (χ2n) is 5.17. The SMILES string of the molecule is C[C@H](NC(=O)c1cnc(-c2ccccn2)nc1O)c1cc[c]cc1. The molecular formula is C18H15N4O2. The Kier molecular flexibility index (Phi) is 4.47. The zero-order valence-electron chi connectivity index (χ0n) is 13.0. The largest absolute Gasteiger partial charge is 0.493 e. The Balaban J connectivity index is 1.78. The van der Waals surface area contributed by atoms with Gasteiger partial charge in [0.05, 0.1) is 6.04 Å². The van der Waals surface area contributed by atoms with Crippen molar-refractivity contribution in [3.05, 3.63) is 72.1 Å². The monoisotopic (exact) mass is 319 g/mol. The first-order chi connectivity index (χ1) is 11.6. The Morgan fingerprint density at radius 2 is 2.00 bits per heavy atom. The predicted molar refractivity (Wildman–Crippen MR) is 88.1 cm³/mol. The van der Waals surface area contributed by atoms with Gasteiger partial charge in [-0.05, 0) is 30.7 Å². The highest BCUT2D eigenvalue weighted by Crippen LogP contribution is 2.19. The van der Waals surface area contributed by atoms with E-state index in [0.717, 1.165) is 5.56 Å². The second-order valence-corrected chi connectivity index (χ2v) is 5.17. The molecule has 0 aliphatic heterocycles. The minimum atomic E-state index is -0.444. The minimum Gasteiger partial charge on any atom is -0.493 e. The molecule has 0 fully saturated rings. The first-order valence-corrected chi connectivity index (χ1v) is 7.39. The van der Waals surface area contributed by atoms with E-state index in [9.17, 15) is 9.90 Å². The van der Waals surface area contributed by atoms with Gasteiger partial charge in [-0.25, -0.2) is 4.98 Å². The Bertz CT molecular complexity index is 838. The molecule has 0 aliphatic carbocycles. The van der Waals surface area contributed by atoms with Gasteiger partial charge in [0.2, 0.25) is 5.88 Å². The molecule has 3 rings (SSSR count). The van der Waals surface area contributed by atoms with Crippen LogP contribution >= 0.6 is 0 Å². The lowest BCUT2D eigenvalue weighted by atomic mass is 10.1. The van der Waals surface area contributed by atoms with Crippen molar-refractivity contribution in [3.8, 4) is 17.4 Å². The molecule has 2 aromatic heterocycles. The Hall–Kier alpha value is -3.28. The summed E-state index contributed by atoms with van der Waals surface area (Å²) in [5.74, 6) is -0.562. The van der Waals surface area contributed by atoms with Crippen LogP contribution < -0.4 is 5.32 Å². The summed E-state index contributed by atoms with van der Waals surface area (Å²) in [5, 5.41) is 12.9. The maximum Gasteiger partial charge on any atom is 0.258 e. The fourth-order valence-corrected chi connectivity index (χ4v) is 2.20. The standard InChI is InChI=1S/C18H15N4O2/c1-12(13-7-3-2-4-8-13)21-17(23)14-11-20-16(22-18(14)24)15-9-5-6-10-19-15/h3-12H,1H3,(H,21,23)(H,20,22,24)/t12-/m0/s1. The topological polar surface area (TPSA) is 88.0 Å². The number of nitrogens with zero attached hydrogens (tertiary/aromatic N) is 3. The lowest BCUT2D eigenvalue weighted by molar-refractivity contribution is 0.0936. The number of aromatic nitrogens is 3. The van der Waals surface area contributed by atoms with Crippen LogP contribution in [0.5, 0.6) is 5.88 Å². The third kappa shape index (κ3) is 3.38. The van der Waals surface area contributed by atoms with E-state index in [1.165, 1.54) is 6.20 Å². The van der Waals surface area contributed by atoms with E-state index >= 15 is 0 Å². The van der Waals surface area contributed by atoms with Crippen molar-refractivity contribution in [2.75, 3.05) is 0 Å². The smallest absolute Gasteiger partial charge is 0.258 e. The van der Waals surface area contributed by atoms with Gasteiger partial charge < -0.3 is 10.4 Å². The van der Waals surface area contributed by atoms with Crippen molar-refractivity contribution in [2.24, 2.45) is 0 Å². The Morgan fingerprint density at radius 3 is 2.67 bits per heavy atom. The van der Waals surface area contributed by atoms with E-state index in [1.807, 2.05) is 19.1 Å². The van der Waals surface area contributed by atoms with E-state index in [4.69, 9.17) is 0 Å². The maximum atomic E-state index is 12.3. The Morgan fingerprint density at radius 1 is 1.21 bits per heavy atom. The predicted octanol–water partition coefficient (Wildman–Crippen LogP) is 2.54. The van der Waals surface area contributed by atoms with Crippen molar-refractivity contribution in [1.29, 1.82) is 0 Å². The molecule has 0 aliphatic rings. The summed E-state index contributed by atoms with van der Waals surface area (Å²) in [7, 11) is 0. The first-order valence-electron chi connectivity index (χ1n) is 7.39. The molecule has 1 aromatic carbocycles. The highest BCUT2D eigenvalue weighted by Gasteiger charge is 2.17. The summed E-state index contributed by atoms with van der Waals surface area (Å²) in [6.07, 6.45) is 2.91. The molecule has 0 saturated heterocycles. The van der Waals surface area contributed by atoms with Gasteiger partial charge in [0, 0.05) is 12.4 Å². The lowest BCUT2D eigenvalue weighted by Crippen LogP contribution is -2.27. The molecule has 1 radical (unpaired) electrons. The molecule has 0 saturated carbocycles. The van der Waals surface area contributed by atoms with Gasteiger partial charge in [0.15, 0.2) is 5.82 Å². The summed E-state index contributed by atoms with van der Waals surface area (Å²) in [4.78, 5) is 24.5. The van der Waals surface area contributed by atoms with E-state index in [2.05, 4.69) is 26.3 Å². The number of aromatic hydroxyl groups is 1. The van der Waals surface area contributed by atoms with Crippen molar-refractivity contribution in [3.63, 3.8) is 0 Å². The molecule has 119 valence electrons. The lowest BCUT2D eigenvalue weighted by Gasteiger charge is -2.14. The zero-order valence-corrected chi connectivity index (χ0v) is 13.0. The third-order valence-corrected chi connectivity index (χ3v) is 3.50. The van der Waals surface area contributed by atoms with E-state index < -0.39 is 5.91 Å². The average molecular weight is 319 g/mol. The Labute approximate surface area is 139 Å². The van der Waals surface area contributed by atoms with Gasteiger partial charge in [-0.15, -0.1) is 0 Å². The van der Waals surface area contributed by atoms with Crippen molar-refractivity contribution >= 4 is 5.91 Å². The van der Waals surface area contributed by atoms with Crippen molar-refractivity contribution in [2.45, 2.75) is 13.0 Å². The van der Waals surface area contributed by atoms with Gasteiger partial charge >= 0.3 is 0 Å².